The number of hydrogen-bond acceptors (Lipinski definition) is 5. The second-order valence-corrected chi connectivity index (χ2v) is 10.2. The molecule has 3 fully saturated rings. The van der Waals surface area contributed by atoms with E-state index in [-0.39, 0.29) is 17.1 Å². The molecule has 1 aromatic carbocycles. The van der Waals surface area contributed by atoms with Gasteiger partial charge in [0.15, 0.2) is 0 Å². The Bertz CT molecular complexity index is 1030. The molecule has 33 heavy (non-hydrogen) atoms. The third-order valence-corrected chi connectivity index (χ3v) is 8.34. The van der Waals surface area contributed by atoms with Gasteiger partial charge in [0.1, 0.15) is 6.07 Å². The Morgan fingerprint density at radius 1 is 1.09 bits per heavy atom. The van der Waals surface area contributed by atoms with Gasteiger partial charge in [0.05, 0.1) is 30.0 Å². The van der Waals surface area contributed by atoms with Crippen molar-refractivity contribution in [2.24, 2.45) is 5.92 Å². The predicted octanol–water partition coefficient (Wildman–Crippen LogP) is 4.16. The standard InChI is InChI=1S/C26H32N6O/c1-30(2)26(22-9-4-3-5-10-22)13-11-25(12-14-26)19-31(23-28-16-21(15-27)17-29-23)24(33)32(25)18-20-7-6-8-20/h3-5,9-10,16-17,20H,6-8,11-14,18-19H2,1-2H3. The monoisotopic (exact) mass is 444 g/mol. The summed E-state index contributed by atoms with van der Waals surface area (Å²) in [5.74, 6) is 1.00. The summed E-state index contributed by atoms with van der Waals surface area (Å²) >= 11 is 0. The smallest absolute Gasteiger partial charge is 0.317 e. The lowest BCUT2D eigenvalue weighted by molar-refractivity contribution is 0.0172. The molecule has 0 N–H and O–H groups in total. The minimum absolute atomic E-state index is 0.0173. The van der Waals surface area contributed by atoms with E-state index < -0.39 is 0 Å². The van der Waals surface area contributed by atoms with Gasteiger partial charge in [0.2, 0.25) is 5.95 Å². The second kappa shape index (κ2) is 8.42. The van der Waals surface area contributed by atoms with Crippen LogP contribution >= 0.6 is 0 Å². The lowest BCUT2D eigenvalue weighted by Gasteiger charge is -2.51. The minimum atomic E-state index is -0.196. The minimum Gasteiger partial charge on any atom is -0.317 e. The summed E-state index contributed by atoms with van der Waals surface area (Å²) < 4.78 is 0. The summed E-state index contributed by atoms with van der Waals surface area (Å²) in [6.45, 7) is 1.44. The van der Waals surface area contributed by atoms with Crippen LogP contribution in [0.4, 0.5) is 10.7 Å². The van der Waals surface area contributed by atoms with E-state index >= 15 is 0 Å². The summed E-state index contributed by atoms with van der Waals surface area (Å²) in [6, 6.07) is 12.9. The van der Waals surface area contributed by atoms with Crippen LogP contribution in [-0.2, 0) is 5.54 Å². The van der Waals surface area contributed by atoms with Crippen LogP contribution in [0.1, 0.15) is 56.1 Å². The number of rotatable bonds is 5. The van der Waals surface area contributed by atoms with E-state index in [2.05, 4.69) is 70.3 Å². The van der Waals surface area contributed by atoms with Crippen LogP contribution in [0.2, 0.25) is 0 Å². The van der Waals surface area contributed by atoms with Crippen molar-refractivity contribution >= 4 is 12.0 Å². The number of anilines is 1. The zero-order chi connectivity index (χ0) is 23.1. The molecule has 2 aliphatic carbocycles. The zero-order valence-electron chi connectivity index (χ0n) is 19.6. The number of nitriles is 1. The number of carbonyl (C=O) groups is 1. The molecular weight excluding hydrogens is 412 g/mol. The number of benzene rings is 1. The lowest BCUT2D eigenvalue weighted by Crippen LogP contribution is -2.56. The Balaban J connectivity index is 1.44. The molecule has 3 aliphatic rings. The molecule has 2 amide bonds. The van der Waals surface area contributed by atoms with Gasteiger partial charge < -0.3 is 4.90 Å². The van der Waals surface area contributed by atoms with E-state index in [0.29, 0.717) is 24.0 Å². The van der Waals surface area contributed by atoms with Gasteiger partial charge in [-0.15, -0.1) is 0 Å². The summed E-state index contributed by atoms with van der Waals surface area (Å²) in [7, 11) is 4.35. The van der Waals surface area contributed by atoms with Crippen LogP contribution in [0.25, 0.3) is 0 Å². The van der Waals surface area contributed by atoms with Crippen molar-refractivity contribution in [3.8, 4) is 6.07 Å². The summed E-state index contributed by atoms with van der Waals surface area (Å²) in [6.07, 6.45) is 10.6. The molecule has 1 spiro atoms. The Kier molecular flexibility index (Phi) is 5.57. The van der Waals surface area contributed by atoms with E-state index in [0.717, 1.165) is 32.2 Å². The zero-order valence-corrected chi connectivity index (χ0v) is 19.6. The molecule has 0 unspecified atom stereocenters. The highest BCUT2D eigenvalue weighted by Gasteiger charge is 2.55. The van der Waals surface area contributed by atoms with Crippen LogP contribution < -0.4 is 4.90 Å². The van der Waals surface area contributed by atoms with Gasteiger partial charge in [-0.2, -0.15) is 5.26 Å². The lowest BCUT2D eigenvalue weighted by atomic mass is 9.68. The van der Waals surface area contributed by atoms with Crippen molar-refractivity contribution in [2.45, 2.75) is 56.0 Å². The van der Waals surface area contributed by atoms with E-state index in [1.54, 1.807) is 4.90 Å². The van der Waals surface area contributed by atoms with Crippen molar-refractivity contribution in [2.75, 3.05) is 32.1 Å². The SMILES string of the molecule is CN(C)C1(c2ccccc2)CCC2(CC1)CN(c1ncc(C#N)cn1)C(=O)N2CC1CCC1. The molecule has 0 radical (unpaired) electrons. The van der Waals surface area contributed by atoms with Gasteiger partial charge in [-0.25, -0.2) is 14.8 Å². The Morgan fingerprint density at radius 3 is 2.30 bits per heavy atom. The average Bonchev–Trinajstić information content (AvgIpc) is 3.08. The van der Waals surface area contributed by atoms with Gasteiger partial charge >= 0.3 is 6.03 Å². The van der Waals surface area contributed by atoms with Crippen molar-refractivity contribution in [3.05, 3.63) is 53.9 Å². The highest BCUT2D eigenvalue weighted by Crippen LogP contribution is 2.49. The molecule has 0 atom stereocenters. The maximum Gasteiger partial charge on any atom is 0.327 e. The highest BCUT2D eigenvalue weighted by molar-refractivity contribution is 5.93. The van der Waals surface area contributed by atoms with E-state index in [1.165, 1.54) is 37.2 Å². The number of urea groups is 1. The summed E-state index contributed by atoms with van der Waals surface area (Å²) in [5.41, 5.74) is 1.55. The first-order valence-electron chi connectivity index (χ1n) is 12.0. The van der Waals surface area contributed by atoms with E-state index in [1.807, 2.05) is 0 Å². The van der Waals surface area contributed by atoms with E-state index in [9.17, 15) is 4.79 Å². The largest absolute Gasteiger partial charge is 0.327 e. The predicted molar refractivity (Wildman–Crippen MR) is 127 cm³/mol. The van der Waals surface area contributed by atoms with Crippen molar-refractivity contribution < 1.29 is 4.79 Å². The molecule has 7 nitrogen and oxygen atoms in total. The molecule has 0 bridgehead atoms. The van der Waals surface area contributed by atoms with E-state index in [4.69, 9.17) is 5.26 Å². The average molecular weight is 445 g/mol. The van der Waals surface area contributed by atoms with Gasteiger partial charge in [0.25, 0.3) is 0 Å². The van der Waals surface area contributed by atoms with Crippen molar-refractivity contribution in [1.29, 1.82) is 5.26 Å². The molecule has 1 saturated heterocycles. The summed E-state index contributed by atoms with van der Waals surface area (Å²) in [5, 5.41) is 9.08. The topological polar surface area (TPSA) is 76.4 Å². The maximum atomic E-state index is 13.7. The fourth-order valence-corrected chi connectivity index (χ4v) is 5.98. The third kappa shape index (κ3) is 3.67. The Labute approximate surface area is 196 Å². The molecule has 172 valence electrons. The Morgan fingerprint density at radius 2 is 1.76 bits per heavy atom. The van der Waals surface area contributed by atoms with Gasteiger partial charge in [-0.05, 0) is 64.1 Å². The molecular formula is C26H32N6O. The second-order valence-electron chi connectivity index (χ2n) is 10.2. The fourth-order valence-electron chi connectivity index (χ4n) is 5.98. The number of nitrogens with zero attached hydrogens (tertiary/aromatic N) is 6. The molecule has 5 rings (SSSR count). The quantitative estimate of drug-likeness (QED) is 0.692. The third-order valence-electron chi connectivity index (χ3n) is 8.34. The number of aromatic nitrogens is 2. The molecule has 2 heterocycles. The number of amides is 2. The number of hydrogen-bond donors (Lipinski definition) is 0. The van der Waals surface area contributed by atoms with Crippen LogP contribution in [-0.4, -0.2) is 58.5 Å². The highest BCUT2D eigenvalue weighted by atomic mass is 16.2. The molecule has 2 saturated carbocycles. The van der Waals surface area contributed by atoms with Crippen molar-refractivity contribution in [1.82, 2.24) is 19.8 Å². The first kappa shape index (κ1) is 21.8. The molecule has 7 heteroatoms. The van der Waals surface area contributed by atoms with Gasteiger partial charge in [-0.1, -0.05) is 36.8 Å². The Hall–Kier alpha value is -2.98. The molecule has 2 aromatic rings. The van der Waals surface area contributed by atoms with Crippen molar-refractivity contribution in [3.63, 3.8) is 0 Å². The van der Waals surface area contributed by atoms with Crippen LogP contribution in [0.3, 0.4) is 0 Å². The first-order valence-corrected chi connectivity index (χ1v) is 12.0. The first-order chi connectivity index (χ1) is 16.0. The van der Waals surface area contributed by atoms with Gasteiger partial charge in [0, 0.05) is 12.1 Å². The molecule has 1 aliphatic heterocycles. The van der Waals surface area contributed by atoms with Crippen LogP contribution in [0.5, 0.6) is 0 Å². The fraction of sp³-hybridized carbons (Fsp3) is 0.538. The van der Waals surface area contributed by atoms with Crippen LogP contribution in [0, 0.1) is 17.2 Å². The van der Waals surface area contributed by atoms with Crippen LogP contribution in [0.15, 0.2) is 42.7 Å². The number of carbonyl (C=O) groups excluding carboxylic acids is 1. The maximum absolute atomic E-state index is 13.7. The normalized spacial score (nSPS) is 27.8. The van der Waals surface area contributed by atoms with Gasteiger partial charge in [-0.3, -0.25) is 9.80 Å². The summed E-state index contributed by atoms with van der Waals surface area (Å²) in [4.78, 5) is 28.6. The molecule has 1 aromatic heterocycles.